The Morgan fingerprint density at radius 1 is 1.22 bits per heavy atom. The van der Waals surface area contributed by atoms with Gasteiger partial charge in [0.05, 0.1) is 0 Å². The molecular weight excluding hydrogens is 401 g/mol. The van der Waals surface area contributed by atoms with E-state index in [4.69, 9.17) is 0 Å². The molecule has 0 saturated heterocycles. The normalized spacial score (nSPS) is 16.9. The number of hydrogen-bond acceptors (Lipinski definition) is 1. The zero-order chi connectivity index (χ0) is 12.5. The number of hydrogen-bond donors (Lipinski definition) is 1. The second-order valence-corrected chi connectivity index (χ2v) is 6.68. The summed E-state index contributed by atoms with van der Waals surface area (Å²) in [6.45, 7) is 1.02. The number of rotatable bonds is 3. The highest BCUT2D eigenvalue weighted by Crippen LogP contribution is 2.35. The lowest BCUT2D eigenvalue weighted by Crippen LogP contribution is -2.24. The van der Waals surface area contributed by atoms with Gasteiger partial charge in [0.2, 0.25) is 0 Å². The smallest absolute Gasteiger partial charge is 0.0487 e. The standard InChI is InChI=1S/C15H13BrIN/c16-12-5-6-14(17)15(8-12)18-9-11-7-10-3-1-2-4-13(10)11/h1-6,8,11,18H,7,9H2. The van der Waals surface area contributed by atoms with Crippen molar-refractivity contribution < 1.29 is 0 Å². The van der Waals surface area contributed by atoms with Crippen molar-refractivity contribution in [1.29, 1.82) is 0 Å². The molecule has 0 spiro atoms. The number of anilines is 1. The maximum absolute atomic E-state index is 3.56. The fourth-order valence-electron chi connectivity index (χ4n) is 2.41. The SMILES string of the molecule is Brc1ccc(I)c(NCC2Cc3ccccc32)c1. The van der Waals surface area contributed by atoms with E-state index in [0.717, 1.165) is 11.0 Å². The molecule has 1 nitrogen and oxygen atoms in total. The lowest BCUT2D eigenvalue weighted by molar-refractivity contribution is 0.635. The molecule has 1 aliphatic rings. The summed E-state index contributed by atoms with van der Waals surface area (Å²) < 4.78 is 2.39. The summed E-state index contributed by atoms with van der Waals surface area (Å²) in [5.74, 6) is 0.663. The topological polar surface area (TPSA) is 12.0 Å². The molecule has 1 atom stereocenters. The van der Waals surface area contributed by atoms with Crippen LogP contribution in [0.2, 0.25) is 0 Å². The summed E-state index contributed by atoms with van der Waals surface area (Å²) in [4.78, 5) is 0. The van der Waals surface area contributed by atoms with E-state index in [1.807, 2.05) is 0 Å². The summed E-state index contributed by atoms with van der Waals surface area (Å²) in [7, 11) is 0. The molecule has 0 fully saturated rings. The number of benzene rings is 2. The Morgan fingerprint density at radius 3 is 2.89 bits per heavy atom. The lowest BCUT2D eigenvalue weighted by atomic mass is 9.77. The van der Waals surface area contributed by atoms with Gasteiger partial charge in [0.1, 0.15) is 0 Å². The van der Waals surface area contributed by atoms with Crippen LogP contribution in [0.15, 0.2) is 46.9 Å². The Labute approximate surface area is 129 Å². The minimum atomic E-state index is 0.663. The van der Waals surface area contributed by atoms with Crippen molar-refractivity contribution in [2.75, 3.05) is 11.9 Å². The zero-order valence-corrected chi connectivity index (χ0v) is 13.5. The Balaban J connectivity index is 1.68. The molecule has 92 valence electrons. The van der Waals surface area contributed by atoms with Crippen molar-refractivity contribution in [1.82, 2.24) is 0 Å². The molecule has 0 amide bonds. The highest BCUT2D eigenvalue weighted by molar-refractivity contribution is 14.1. The first-order valence-corrected chi connectivity index (χ1v) is 7.88. The van der Waals surface area contributed by atoms with Crippen molar-refractivity contribution >= 4 is 44.2 Å². The first-order chi connectivity index (χ1) is 8.74. The van der Waals surface area contributed by atoms with Gasteiger partial charge in [0, 0.05) is 26.2 Å². The van der Waals surface area contributed by atoms with E-state index in [9.17, 15) is 0 Å². The van der Waals surface area contributed by atoms with Gasteiger partial charge in [-0.3, -0.25) is 0 Å². The van der Waals surface area contributed by atoms with Crippen molar-refractivity contribution in [3.05, 3.63) is 61.6 Å². The van der Waals surface area contributed by atoms with E-state index in [1.165, 1.54) is 26.8 Å². The Kier molecular flexibility index (Phi) is 3.61. The third-order valence-electron chi connectivity index (χ3n) is 3.43. The van der Waals surface area contributed by atoms with Gasteiger partial charge >= 0.3 is 0 Å². The summed E-state index contributed by atoms with van der Waals surface area (Å²) >= 11 is 5.89. The van der Waals surface area contributed by atoms with Crippen LogP contribution in [0.25, 0.3) is 0 Å². The van der Waals surface area contributed by atoms with Crippen molar-refractivity contribution in [3.8, 4) is 0 Å². The molecule has 0 aromatic heterocycles. The zero-order valence-electron chi connectivity index (χ0n) is 9.79. The lowest BCUT2D eigenvalue weighted by Gasteiger charge is -2.30. The van der Waals surface area contributed by atoms with E-state index in [-0.39, 0.29) is 0 Å². The average molecular weight is 414 g/mol. The van der Waals surface area contributed by atoms with Crippen LogP contribution in [0.5, 0.6) is 0 Å². The van der Waals surface area contributed by atoms with E-state index in [1.54, 1.807) is 0 Å². The van der Waals surface area contributed by atoms with Crippen LogP contribution in [0.1, 0.15) is 17.0 Å². The van der Waals surface area contributed by atoms with Crippen LogP contribution in [0, 0.1) is 3.57 Å². The summed E-state index contributed by atoms with van der Waals surface area (Å²) in [5, 5.41) is 3.56. The molecule has 1 N–H and O–H groups in total. The fourth-order valence-corrected chi connectivity index (χ4v) is 3.30. The van der Waals surface area contributed by atoms with Gasteiger partial charge in [-0.25, -0.2) is 0 Å². The van der Waals surface area contributed by atoms with Crippen LogP contribution in [0.4, 0.5) is 5.69 Å². The van der Waals surface area contributed by atoms with Gasteiger partial charge in [-0.1, -0.05) is 40.2 Å². The van der Waals surface area contributed by atoms with Gasteiger partial charge in [-0.2, -0.15) is 0 Å². The van der Waals surface area contributed by atoms with E-state index < -0.39 is 0 Å². The molecule has 0 radical (unpaired) electrons. The molecule has 2 aromatic carbocycles. The number of fused-ring (bicyclic) bond motifs is 1. The van der Waals surface area contributed by atoms with Gasteiger partial charge in [-0.05, 0) is 58.3 Å². The van der Waals surface area contributed by atoms with Gasteiger partial charge in [-0.15, -0.1) is 0 Å². The number of halogens is 2. The minimum Gasteiger partial charge on any atom is -0.384 e. The maximum Gasteiger partial charge on any atom is 0.0487 e. The summed E-state index contributed by atoms with van der Waals surface area (Å²) in [6, 6.07) is 15.1. The quantitative estimate of drug-likeness (QED) is 0.712. The van der Waals surface area contributed by atoms with Crippen LogP contribution < -0.4 is 5.32 Å². The van der Waals surface area contributed by atoms with Crippen LogP contribution in [-0.4, -0.2) is 6.54 Å². The molecule has 0 saturated carbocycles. The van der Waals surface area contributed by atoms with E-state index in [2.05, 4.69) is 86.3 Å². The highest BCUT2D eigenvalue weighted by atomic mass is 127. The first-order valence-electron chi connectivity index (χ1n) is 6.01. The van der Waals surface area contributed by atoms with Crippen molar-refractivity contribution in [3.63, 3.8) is 0 Å². The number of nitrogens with one attached hydrogen (secondary N) is 1. The van der Waals surface area contributed by atoms with Crippen LogP contribution >= 0.6 is 38.5 Å². The van der Waals surface area contributed by atoms with Crippen LogP contribution in [-0.2, 0) is 6.42 Å². The predicted molar refractivity (Wildman–Crippen MR) is 88.2 cm³/mol. The molecule has 1 unspecified atom stereocenters. The van der Waals surface area contributed by atoms with Gasteiger partial charge < -0.3 is 5.32 Å². The summed E-state index contributed by atoms with van der Waals surface area (Å²) in [6.07, 6.45) is 1.20. The van der Waals surface area contributed by atoms with Crippen molar-refractivity contribution in [2.45, 2.75) is 12.3 Å². The van der Waals surface area contributed by atoms with Crippen molar-refractivity contribution in [2.24, 2.45) is 0 Å². The average Bonchev–Trinajstić information content (AvgIpc) is 2.34. The second-order valence-electron chi connectivity index (χ2n) is 4.60. The molecular formula is C15H13BrIN. The van der Waals surface area contributed by atoms with Crippen LogP contribution in [0.3, 0.4) is 0 Å². The minimum absolute atomic E-state index is 0.663. The molecule has 3 rings (SSSR count). The van der Waals surface area contributed by atoms with Gasteiger partial charge in [0.25, 0.3) is 0 Å². The Morgan fingerprint density at radius 2 is 2.06 bits per heavy atom. The maximum atomic E-state index is 3.56. The van der Waals surface area contributed by atoms with E-state index in [0.29, 0.717) is 5.92 Å². The molecule has 1 aliphatic carbocycles. The molecule has 0 heterocycles. The third kappa shape index (κ3) is 2.43. The Bertz CT molecular complexity index is 582. The van der Waals surface area contributed by atoms with Gasteiger partial charge in [0.15, 0.2) is 0 Å². The molecule has 3 heteroatoms. The Hall–Kier alpha value is -0.550. The highest BCUT2D eigenvalue weighted by Gasteiger charge is 2.24. The van der Waals surface area contributed by atoms with E-state index >= 15 is 0 Å². The second kappa shape index (κ2) is 5.21. The molecule has 18 heavy (non-hydrogen) atoms. The molecule has 0 aliphatic heterocycles. The first kappa shape index (κ1) is 12.5. The monoisotopic (exact) mass is 413 g/mol. The largest absolute Gasteiger partial charge is 0.384 e. The fraction of sp³-hybridized carbons (Fsp3) is 0.200. The molecule has 2 aromatic rings. The predicted octanol–water partition coefficient (Wildman–Crippen LogP) is 4.81. The summed E-state index contributed by atoms with van der Waals surface area (Å²) in [5.41, 5.74) is 4.23. The third-order valence-corrected chi connectivity index (χ3v) is 4.86. The molecule has 0 bridgehead atoms.